The topological polar surface area (TPSA) is 119 Å². The standard InChI is InChI=1S/C16H17NO6/c18-12-4-1-10(7-14(12)20)3-6-16(22)23-17-9-11-2-5-13(19)15(21)8-11/h1-2,4-5,7-8,17-21H,3,6,9H2. The Balaban J connectivity index is 1.74. The lowest BCUT2D eigenvalue weighted by atomic mass is 10.1. The van der Waals surface area contributed by atoms with E-state index in [2.05, 4.69) is 5.48 Å². The maximum absolute atomic E-state index is 11.6. The highest BCUT2D eigenvalue weighted by atomic mass is 16.7. The molecule has 0 aliphatic carbocycles. The van der Waals surface area contributed by atoms with Gasteiger partial charge in [-0.2, -0.15) is 0 Å². The molecule has 7 heteroatoms. The SMILES string of the molecule is O=C(CCc1ccc(O)c(O)c1)ONCc1ccc(O)c(O)c1. The minimum Gasteiger partial charge on any atom is -0.504 e. The first-order chi connectivity index (χ1) is 11.0. The van der Waals surface area contributed by atoms with Gasteiger partial charge in [0.15, 0.2) is 23.0 Å². The highest BCUT2D eigenvalue weighted by Gasteiger charge is 2.07. The third kappa shape index (κ3) is 4.79. The Hall–Kier alpha value is -2.93. The number of carbonyl (C=O) groups excluding carboxylic acids is 1. The van der Waals surface area contributed by atoms with Crippen LogP contribution in [-0.4, -0.2) is 26.4 Å². The molecule has 0 amide bonds. The fraction of sp³-hybridized carbons (Fsp3) is 0.188. The molecule has 5 N–H and O–H groups in total. The first-order valence-electron chi connectivity index (χ1n) is 6.90. The third-order valence-electron chi connectivity index (χ3n) is 3.16. The number of phenolic OH excluding ortho intramolecular Hbond substituents is 4. The molecule has 0 bridgehead atoms. The van der Waals surface area contributed by atoms with E-state index < -0.39 is 5.97 Å². The molecule has 0 aliphatic rings. The van der Waals surface area contributed by atoms with Crippen LogP contribution in [0.1, 0.15) is 17.5 Å². The van der Waals surface area contributed by atoms with Crippen LogP contribution in [0, 0.1) is 0 Å². The lowest BCUT2D eigenvalue weighted by Crippen LogP contribution is -2.19. The maximum atomic E-state index is 11.6. The number of hydrogen-bond acceptors (Lipinski definition) is 7. The van der Waals surface area contributed by atoms with Crippen LogP contribution in [-0.2, 0) is 22.6 Å². The van der Waals surface area contributed by atoms with Crippen molar-refractivity contribution >= 4 is 5.97 Å². The number of rotatable bonds is 6. The number of benzene rings is 2. The van der Waals surface area contributed by atoms with Crippen LogP contribution in [0.3, 0.4) is 0 Å². The summed E-state index contributed by atoms with van der Waals surface area (Å²) in [7, 11) is 0. The zero-order chi connectivity index (χ0) is 16.8. The number of hydrogen-bond donors (Lipinski definition) is 5. The summed E-state index contributed by atoms with van der Waals surface area (Å²) in [6.07, 6.45) is 0.451. The molecule has 0 saturated heterocycles. The molecule has 122 valence electrons. The number of aryl methyl sites for hydroxylation is 1. The third-order valence-corrected chi connectivity index (χ3v) is 3.16. The fourth-order valence-electron chi connectivity index (χ4n) is 1.90. The van der Waals surface area contributed by atoms with E-state index in [1.165, 1.54) is 24.3 Å². The fourth-order valence-corrected chi connectivity index (χ4v) is 1.90. The van der Waals surface area contributed by atoms with Gasteiger partial charge >= 0.3 is 5.97 Å². The lowest BCUT2D eigenvalue weighted by molar-refractivity contribution is -0.151. The monoisotopic (exact) mass is 319 g/mol. The van der Waals surface area contributed by atoms with Crippen molar-refractivity contribution in [1.82, 2.24) is 5.48 Å². The zero-order valence-corrected chi connectivity index (χ0v) is 12.2. The Morgan fingerprint density at radius 2 is 1.43 bits per heavy atom. The van der Waals surface area contributed by atoms with Crippen LogP contribution in [0.2, 0.25) is 0 Å². The van der Waals surface area contributed by atoms with Gasteiger partial charge in [0.05, 0.1) is 13.0 Å². The summed E-state index contributed by atoms with van der Waals surface area (Å²) in [6.45, 7) is 0.180. The van der Waals surface area contributed by atoms with Crippen LogP contribution in [0.5, 0.6) is 23.0 Å². The van der Waals surface area contributed by atoms with E-state index in [1.54, 1.807) is 12.1 Å². The number of nitrogens with one attached hydrogen (secondary N) is 1. The normalized spacial score (nSPS) is 10.4. The van der Waals surface area contributed by atoms with E-state index in [4.69, 9.17) is 4.84 Å². The van der Waals surface area contributed by atoms with Crippen molar-refractivity contribution in [3.8, 4) is 23.0 Å². The molecular weight excluding hydrogens is 302 g/mol. The average molecular weight is 319 g/mol. The van der Waals surface area contributed by atoms with Gasteiger partial charge in [-0.15, -0.1) is 5.48 Å². The molecule has 0 atom stereocenters. The van der Waals surface area contributed by atoms with Crippen LogP contribution >= 0.6 is 0 Å². The van der Waals surface area contributed by atoms with Crippen molar-refractivity contribution in [2.24, 2.45) is 0 Å². The number of aromatic hydroxyl groups is 4. The Morgan fingerprint density at radius 1 is 0.870 bits per heavy atom. The van der Waals surface area contributed by atoms with Gasteiger partial charge in [0.1, 0.15) is 0 Å². The molecule has 0 spiro atoms. The second-order valence-electron chi connectivity index (χ2n) is 4.94. The predicted molar refractivity (Wildman–Crippen MR) is 80.8 cm³/mol. The number of hydroxylamine groups is 1. The van der Waals surface area contributed by atoms with Crippen molar-refractivity contribution in [2.45, 2.75) is 19.4 Å². The lowest BCUT2D eigenvalue weighted by Gasteiger charge is -2.07. The zero-order valence-electron chi connectivity index (χ0n) is 12.2. The molecule has 2 rings (SSSR count). The molecule has 0 fully saturated rings. The van der Waals surface area contributed by atoms with E-state index in [0.29, 0.717) is 17.5 Å². The average Bonchev–Trinajstić information content (AvgIpc) is 2.52. The highest BCUT2D eigenvalue weighted by Crippen LogP contribution is 2.26. The molecule has 0 unspecified atom stereocenters. The Kier molecular flexibility index (Phi) is 5.27. The molecule has 2 aromatic rings. The van der Waals surface area contributed by atoms with Crippen molar-refractivity contribution in [2.75, 3.05) is 0 Å². The van der Waals surface area contributed by atoms with Gasteiger partial charge in [-0.25, -0.2) is 0 Å². The number of phenols is 4. The molecule has 0 aromatic heterocycles. The summed E-state index contributed by atoms with van der Waals surface area (Å²) in [4.78, 5) is 16.4. The second kappa shape index (κ2) is 7.37. The first kappa shape index (κ1) is 16.4. The molecule has 23 heavy (non-hydrogen) atoms. The van der Waals surface area contributed by atoms with Crippen LogP contribution in [0.25, 0.3) is 0 Å². The molecule has 0 heterocycles. The van der Waals surface area contributed by atoms with Crippen molar-refractivity contribution in [3.05, 3.63) is 47.5 Å². The highest BCUT2D eigenvalue weighted by molar-refractivity contribution is 5.69. The van der Waals surface area contributed by atoms with Crippen molar-refractivity contribution in [3.63, 3.8) is 0 Å². The Bertz CT molecular complexity index is 701. The van der Waals surface area contributed by atoms with Gasteiger partial charge in [-0.1, -0.05) is 12.1 Å². The Morgan fingerprint density at radius 3 is 2.04 bits per heavy atom. The van der Waals surface area contributed by atoms with Crippen LogP contribution in [0.15, 0.2) is 36.4 Å². The van der Waals surface area contributed by atoms with E-state index in [9.17, 15) is 25.2 Å². The minimum atomic E-state index is -0.486. The summed E-state index contributed by atoms with van der Waals surface area (Å²) in [5.74, 6) is -1.40. The van der Waals surface area contributed by atoms with E-state index in [0.717, 1.165) is 0 Å². The number of carbonyl (C=O) groups is 1. The van der Waals surface area contributed by atoms with Crippen LogP contribution in [0.4, 0.5) is 0 Å². The molecular formula is C16H17NO6. The summed E-state index contributed by atoms with van der Waals surface area (Å²) in [6, 6.07) is 8.62. The molecule has 0 saturated carbocycles. The summed E-state index contributed by atoms with van der Waals surface area (Å²) < 4.78 is 0. The summed E-state index contributed by atoms with van der Waals surface area (Å²) >= 11 is 0. The summed E-state index contributed by atoms with van der Waals surface area (Å²) in [5.41, 5.74) is 3.80. The second-order valence-corrected chi connectivity index (χ2v) is 4.94. The van der Waals surface area contributed by atoms with Gasteiger partial charge in [-0.05, 0) is 41.8 Å². The van der Waals surface area contributed by atoms with Gasteiger partial charge < -0.3 is 25.3 Å². The van der Waals surface area contributed by atoms with Gasteiger partial charge in [-0.3, -0.25) is 4.79 Å². The molecule has 7 nitrogen and oxygen atoms in total. The van der Waals surface area contributed by atoms with Crippen LogP contribution < -0.4 is 5.48 Å². The Labute approximate surface area is 132 Å². The maximum Gasteiger partial charge on any atom is 0.325 e. The van der Waals surface area contributed by atoms with Gasteiger partial charge in [0.25, 0.3) is 0 Å². The molecule has 0 aliphatic heterocycles. The smallest absolute Gasteiger partial charge is 0.325 e. The largest absolute Gasteiger partial charge is 0.504 e. The van der Waals surface area contributed by atoms with Gasteiger partial charge in [0, 0.05) is 0 Å². The quantitative estimate of drug-likeness (QED) is 0.406. The first-order valence-corrected chi connectivity index (χ1v) is 6.90. The molecule has 0 radical (unpaired) electrons. The van der Waals surface area contributed by atoms with Crippen molar-refractivity contribution in [1.29, 1.82) is 0 Å². The van der Waals surface area contributed by atoms with E-state index in [-0.39, 0.29) is 36.0 Å². The van der Waals surface area contributed by atoms with Gasteiger partial charge in [0.2, 0.25) is 0 Å². The van der Waals surface area contributed by atoms with E-state index >= 15 is 0 Å². The minimum absolute atomic E-state index is 0.0953. The van der Waals surface area contributed by atoms with E-state index in [1.807, 2.05) is 0 Å². The summed E-state index contributed by atoms with van der Waals surface area (Å²) in [5, 5.41) is 37.1. The predicted octanol–water partition coefficient (Wildman–Crippen LogP) is 1.69. The van der Waals surface area contributed by atoms with Crippen molar-refractivity contribution < 1.29 is 30.1 Å². The molecule has 2 aromatic carbocycles.